The Bertz CT molecular complexity index is 1490. The Morgan fingerprint density at radius 3 is 2.42 bits per heavy atom. The van der Waals surface area contributed by atoms with Crippen molar-refractivity contribution in [3.05, 3.63) is 106 Å². The molecular formula is C27H21BrN4O. The fraction of sp³-hybridized carbons (Fsp3) is 0.0741. The maximum absolute atomic E-state index is 13.1. The van der Waals surface area contributed by atoms with Gasteiger partial charge in [-0.05, 0) is 66.1 Å². The highest BCUT2D eigenvalue weighted by Gasteiger charge is 2.20. The van der Waals surface area contributed by atoms with Crippen molar-refractivity contribution in [1.82, 2.24) is 14.8 Å². The average molecular weight is 497 g/mol. The van der Waals surface area contributed by atoms with Gasteiger partial charge in [0.2, 0.25) is 5.82 Å². The highest BCUT2D eigenvalue weighted by molar-refractivity contribution is 9.10. The number of carbonyl (C=O) groups excluding carboxylic acids is 1. The molecule has 162 valence electrons. The molecule has 5 nitrogen and oxygen atoms in total. The zero-order chi connectivity index (χ0) is 22.9. The summed E-state index contributed by atoms with van der Waals surface area (Å²) in [6.07, 6.45) is 0. The minimum absolute atomic E-state index is 0.113. The van der Waals surface area contributed by atoms with Crippen LogP contribution in [0.1, 0.15) is 21.7 Å². The molecule has 0 aliphatic heterocycles. The van der Waals surface area contributed by atoms with E-state index in [4.69, 9.17) is 0 Å². The molecular weight excluding hydrogens is 476 g/mol. The van der Waals surface area contributed by atoms with Gasteiger partial charge in [-0.15, -0.1) is 5.10 Å². The standard InChI is InChI=1S/C27H21BrN4O/c1-17-7-8-18(2)24(15-17)32-26(20-9-12-22(28)13-10-20)30-25(31-32)27(33)29-23-14-11-19-5-3-4-6-21(19)16-23/h3-16H,1-2H3,(H,29,33). The highest BCUT2D eigenvalue weighted by Crippen LogP contribution is 2.26. The number of nitrogens with one attached hydrogen (secondary N) is 1. The van der Waals surface area contributed by atoms with Gasteiger partial charge in [-0.2, -0.15) is 0 Å². The van der Waals surface area contributed by atoms with Crippen LogP contribution in [0.4, 0.5) is 5.69 Å². The van der Waals surface area contributed by atoms with Crippen molar-refractivity contribution >= 4 is 38.3 Å². The molecule has 0 fully saturated rings. The van der Waals surface area contributed by atoms with E-state index >= 15 is 0 Å². The van der Waals surface area contributed by atoms with Crippen LogP contribution >= 0.6 is 15.9 Å². The molecule has 1 N–H and O–H groups in total. The number of carbonyl (C=O) groups is 1. The number of anilines is 1. The van der Waals surface area contributed by atoms with Crippen LogP contribution in [0.15, 0.2) is 89.4 Å². The van der Waals surface area contributed by atoms with Crippen molar-refractivity contribution in [2.75, 3.05) is 5.32 Å². The van der Waals surface area contributed by atoms with Crippen LogP contribution in [0.2, 0.25) is 0 Å². The number of hydrogen-bond donors (Lipinski definition) is 1. The van der Waals surface area contributed by atoms with Gasteiger partial charge < -0.3 is 5.32 Å². The van der Waals surface area contributed by atoms with Crippen LogP contribution in [-0.2, 0) is 0 Å². The van der Waals surface area contributed by atoms with Crippen LogP contribution < -0.4 is 5.32 Å². The summed E-state index contributed by atoms with van der Waals surface area (Å²) < 4.78 is 2.72. The third-order valence-corrected chi connectivity index (χ3v) is 6.04. The van der Waals surface area contributed by atoms with Gasteiger partial charge in [0.25, 0.3) is 5.91 Å². The first-order valence-corrected chi connectivity index (χ1v) is 11.4. The number of amides is 1. The lowest BCUT2D eigenvalue weighted by Crippen LogP contribution is -2.14. The molecule has 1 amide bonds. The summed E-state index contributed by atoms with van der Waals surface area (Å²) in [6.45, 7) is 4.06. The third kappa shape index (κ3) is 4.30. The van der Waals surface area contributed by atoms with E-state index in [9.17, 15) is 4.79 Å². The molecule has 5 aromatic rings. The van der Waals surface area contributed by atoms with Gasteiger partial charge in [-0.1, -0.05) is 70.5 Å². The summed E-state index contributed by atoms with van der Waals surface area (Å²) in [4.78, 5) is 17.8. The lowest BCUT2D eigenvalue weighted by Gasteiger charge is -2.10. The quantitative estimate of drug-likeness (QED) is 0.300. The molecule has 1 heterocycles. The van der Waals surface area contributed by atoms with Crippen molar-refractivity contribution < 1.29 is 4.79 Å². The SMILES string of the molecule is Cc1ccc(C)c(-n2nc(C(=O)Nc3ccc4ccccc4c3)nc2-c2ccc(Br)cc2)c1. The predicted octanol–water partition coefficient (Wildman–Crippen LogP) is 6.72. The number of aromatic nitrogens is 3. The van der Waals surface area contributed by atoms with E-state index in [1.54, 1.807) is 4.68 Å². The van der Waals surface area contributed by atoms with Gasteiger partial charge >= 0.3 is 0 Å². The molecule has 0 aliphatic rings. The summed E-state index contributed by atoms with van der Waals surface area (Å²) in [6, 6.07) is 27.8. The Hall–Kier alpha value is -3.77. The molecule has 0 radical (unpaired) electrons. The van der Waals surface area contributed by atoms with Crippen molar-refractivity contribution in [3.63, 3.8) is 0 Å². The fourth-order valence-electron chi connectivity index (χ4n) is 3.76. The third-order valence-electron chi connectivity index (χ3n) is 5.51. The van der Waals surface area contributed by atoms with Crippen molar-refractivity contribution in [2.45, 2.75) is 13.8 Å². The number of fused-ring (bicyclic) bond motifs is 1. The Morgan fingerprint density at radius 2 is 1.64 bits per heavy atom. The van der Waals surface area contributed by atoms with Crippen LogP contribution in [0.5, 0.6) is 0 Å². The van der Waals surface area contributed by atoms with Crippen molar-refractivity contribution in [3.8, 4) is 17.1 Å². The second-order valence-electron chi connectivity index (χ2n) is 7.98. The lowest BCUT2D eigenvalue weighted by molar-refractivity contribution is 0.101. The first-order valence-electron chi connectivity index (χ1n) is 10.6. The fourth-order valence-corrected chi connectivity index (χ4v) is 4.03. The predicted molar refractivity (Wildman–Crippen MR) is 136 cm³/mol. The van der Waals surface area contributed by atoms with E-state index < -0.39 is 0 Å². The molecule has 0 saturated heterocycles. The van der Waals surface area contributed by atoms with Gasteiger partial charge in [0.05, 0.1) is 5.69 Å². The van der Waals surface area contributed by atoms with Crippen LogP contribution in [0.25, 0.3) is 27.8 Å². The molecule has 0 aliphatic carbocycles. The van der Waals surface area contributed by atoms with Crippen LogP contribution in [0.3, 0.4) is 0 Å². The molecule has 0 bridgehead atoms. The maximum Gasteiger partial charge on any atom is 0.295 e. The minimum atomic E-state index is -0.354. The topological polar surface area (TPSA) is 59.8 Å². The Balaban J connectivity index is 1.56. The van der Waals surface area contributed by atoms with Crippen molar-refractivity contribution in [2.24, 2.45) is 0 Å². The lowest BCUT2D eigenvalue weighted by atomic mass is 10.1. The van der Waals surface area contributed by atoms with Gasteiger partial charge in [-0.25, -0.2) is 9.67 Å². The molecule has 6 heteroatoms. The molecule has 0 saturated carbocycles. The van der Waals surface area contributed by atoms with Gasteiger partial charge in [0, 0.05) is 15.7 Å². The van der Waals surface area contributed by atoms with Crippen LogP contribution in [0, 0.1) is 13.8 Å². The number of hydrogen-bond acceptors (Lipinski definition) is 3. The van der Waals surface area contributed by atoms with E-state index in [1.165, 1.54) is 0 Å². The summed E-state index contributed by atoms with van der Waals surface area (Å²) in [5.74, 6) is 0.370. The average Bonchev–Trinajstić information content (AvgIpc) is 3.26. The van der Waals surface area contributed by atoms with Gasteiger partial charge in [0.1, 0.15) is 0 Å². The van der Waals surface area contributed by atoms with Gasteiger partial charge in [0.15, 0.2) is 5.82 Å². The van der Waals surface area contributed by atoms with E-state index in [0.717, 1.165) is 37.6 Å². The van der Waals surface area contributed by atoms with Crippen molar-refractivity contribution in [1.29, 1.82) is 0 Å². The number of rotatable bonds is 4. The largest absolute Gasteiger partial charge is 0.319 e. The summed E-state index contributed by atoms with van der Waals surface area (Å²) >= 11 is 3.48. The maximum atomic E-state index is 13.1. The summed E-state index contributed by atoms with van der Waals surface area (Å²) in [7, 11) is 0. The second kappa shape index (κ2) is 8.64. The second-order valence-corrected chi connectivity index (χ2v) is 8.90. The molecule has 33 heavy (non-hydrogen) atoms. The van der Waals surface area contributed by atoms with Crippen LogP contribution in [-0.4, -0.2) is 20.7 Å². The number of benzene rings is 4. The van der Waals surface area contributed by atoms with E-state index in [1.807, 2.05) is 86.6 Å². The Morgan fingerprint density at radius 1 is 0.879 bits per heavy atom. The number of aryl methyl sites for hydroxylation is 2. The smallest absolute Gasteiger partial charge is 0.295 e. The zero-order valence-corrected chi connectivity index (χ0v) is 19.8. The first-order chi connectivity index (χ1) is 16.0. The van der Waals surface area contributed by atoms with Gasteiger partial charge in [-0.3, -0.25) is 4.79 Å². The molecule has 0 unspecified atom stereocenters. The Kier molecular flexibility index (Phi) is 5.52. The molecule has 0 spiro atoms. The summed E-state index contributed by atoms with van der Waals surface area (Å²) in [5, 5.41) is 9.74. The molecule has 1 aromatic heterocycles. The summed E-state index contributed by atoms with van der Waals surface area (Å²) in [5.41, 5.74) is 4.62. The molecule has 4 aromatic carbocycles. The molecule has 0 atom stereocenters. The van der Waals surface area contributed by atoms with E-state index in [0.29, 0.717) is 11.5 Å². The van der Waals surface area contributed by atoms with E-state index in [2.05, 4.69) is 43.5 Å². The monoisotopic (exact) mass is 496 g/mol. The first kappa shape index (κ1) is 21.1. The highest BCUT2D eigenvalue weighted by atomic mass is 79.9. The minimum Gasteiger partial charge on any atom is -0.319 e. The number of halogens is 1. The Labute approximate surface area is 200 Å². The normalized spacial score (nSPS) is 11.0. The zero-order valence-electron chi connectivity index (χ0n) is 18.2. The molecule has 5 rings (SSSR count). The number of nitrogens with zero attached hydrogens (tertiary/aromatic N) is 3. The van der Waals surface area contributed by atoms with E-state index in [-0.39, 0.29) is 11.7 Å².